The molecule has 1 aromatic rings. The van der Waals surface area contributed by atoms with Crippen LogP contribution in [-0.4, -0.2) is 29.0 Å². The second-order valence-corrected chi connectivity index (χ2v) is 5.62. The predicted molar refractivity (Wildman–Crippen MR) is 56.5 cm³/mol. The molecule has 4 N–H and O–H groups in total. The van der Waals surface area contributed by atoms with Gasteiger partial charge in [-0.2, -0.15) is 0 Å². The first-order chi connectivity index (χ1) is 7.61. The van der Waals surface area contributed by atoms with E-state index in [0.29, 0.717) is 0 Å². The molecule has 1 amide bonds. The van der Waals surface area contributed by atoms with Crippen LogP contribution in [0.3, 0.4) is 0 Å². The van der Waals surface area contributed by atoms with E-state index in [4.69, 9.17) is 19.2 Å². The van der Waals surface area contributed by atoms with E-state index in [1.807, 2.05) is 4.72 Å². The number of benzene rings is 1. The predicted octanol–water partition coefficient (Wildman–Crippen LogP) is -3.69. The van der Waals surface area contributed by atoms with Crippen molar-refractivity contribution in [2.75, 3.05) is 0 Å². The topological polar surface area (TPSA) is 141 Å². The van der Waals surface area contributed by atoms with Crippen molar-refractivity contribution < 1.29 is 63.4 Å². The Morgan fingerprint density at radius 1 is 1.17 bits per heavy atom. The van der Waals surface area contributed by atoms with Crippen molar-refractivity contribution in [2.24, 2.45) is 0 Å². The van der Waals surface area contributed by atoms with E-state index >= 15 is 0 Å². The molecule has 1 aromatic carbocycles. The third kappa shape index (κ3) is 5.17. The zero-order chi connectivity index (χ0) is 13.3. The summed E-state index contributed by atoms with van der Waals surface area (Å²) in [5.74, 6) is -0.550. The van der Waals surface area contributed by atoms with E-state index in [-0.39, 0.29) is 41.4 Å². The molecule has 0 saturated carbocycles. The third-order valence-electron chi connectivity index (χ3n) is 1.65. The van der Waals surface area contributed by atoms with Crippen molar-refractivity contribution >= 4 is 23.8 Å². The molecule has 0 aromatic heterocycles. The van der Waals surface area contributed by atoms with Gasteiger partial charge in [0, 0.05) is 0 Å². The van der Waals surface area contributed by atoms with E-state index < -0.39 is 23.8 Å². The number of sulfonamides is 1. The summed E-state index contributed by atoms with van der Waals surface area (Å²) in [6.07, 6.45) is 0. The number of fused-ring (bicyclic) bond motifs is 1. The minimum atomic E-state index is -4.64. The Kier molecular flexibility index (Phi) is 6.18. The number of carbonyl (C=O) groups is 1. The molecule has 0 fully saturated rings. The molecule has 8 nitrogen and oxygen atoms in total. The van der Waals surface area contributed by atoms with Crippen molar-refractivity contribution in [2.45, 2.75) is 4.90 Å². The van der Waals surface area contributed by atoms with Gasteiger partial charge >= 0.3 is 37.4 Å². The molecule has 0 radical (unpaired) electrons. The van der Waals surface area contributed by atoms with Crippen LogP contribution in [0.5, 0.6) is 0 Å². The van der Waals surface area contributed by atoms with Crippen molar-refractivity contribution in [3.63, 3.8) is 0 Å². The molecule has 96 valence electrons. The molecular weight excluding hydrogens is 296 g/mol. The molecule has 1 aliphatic rings. The number of phosphoric acid groups is 1. The van der Waals surface area contributed by atoms with E-state index in [1.54, 1.807) is 12.1 Å². The molecular formula is C7H9NNaO7PS. The Bertz CT molecular complexity index is 593. The van der Waals surface area contributed by atoms with Crippen LogP contribution in [0.4, 0.5) is 0 Å². The number of nitrogens with one attached hydrogen (secondary N) is 1. The number of hydrogen-bond acceptors (Lipinski definition) is 4. The van der Waals surface area contributed by atoms with Crippen LogP contribution in [0.2, 0.25) is 0 Å². The van der Waals surface area contributed by atoms with Crippen LogP contribution in [0.15, 0.2) is 29.2 Å². The minimum absolute atomic E-state index is 0. The van der Waals surface area contributed by atoms with E-state index in [9.17, 15) is 13.2 Å². The van der Waals surface area contributed by atoms with Gasteiger partial charge < -0.3 is 16.1 Å². The van der Waals surface area contributed by atoms with Crippen LogP contribution >= 0.6 is 7.82 Å². The molecule has 18 heavy (non-hydrogen) atoms. The first-order valence-electron chi connectivity index (χ1n) is 4.06. The Morgan fingerprint density at radius 2 is 1.61 bits per heavy atom. The summed E-state index contributed by atoms with van der Waals surface area (Å²) in [7, 11) is -8.19. The van der Waals surface area contributed by atoms with Gasteiger partial charge in [0.2, 0.25) is 0 Å². The zero-order valence-electron chi connectivity index (χ0n) is 10.1. The maximum Gasteiger partial charge on any atom is 1.00 e. The van der Waals surface area contributed by atoms with Gasteiger partial charge in [-0.1, -0.05) is 12.1 Å². The number of rotatable bonds is 0. The van der Waals surface area contributed by atoms with Crippen molar-refractivity contribution in [1.29, 1.82) is 0 Å². The van der Waals surface area contributed by atoms with Crippen molar-refractivity contribution in [3.8, 4) is 0 Å². The maximum atomic E-state index is 11.1. The molecule has 0 saturated heterocycles. The summed E-state index contributed by atoms with van der Waals surface area (Å²) < 4.78 is 33.0. The van der Waals surface area contributed by atoms with Gasteiger partial charge in [-0.25, -0.2) is 17.7 Å². The summed E-state index contributed by atoms with van der Waals surface area (Å²) in [4.78, 5) is 32.6. The quantitative estimate of drug-likeness (QED) is 0.285. The van der Waals surface area contributed by atoms with Gasteiger partial charge in [0.1, 0.15) is 4.90 Å². The Morgan fingerprint density at radius 3 is 2.06 bits per heavy atom. The molecule has 1 aliphatic heterocycles. The fourth-order valence-corrected chi connectivity index (χ4v) is 2.29. The normalized spacial score (nSPS) is 15.6. The fourth-order valence-electron chi connectivity index (χ4n) is 1.12. The minimum Gasteiger partial charge on any atom is -1.00 e. The number of carbonyl (C=O) groups excluding carboxylic acids is 1. The van der Waals surface area contributed by atoms with Crippen LogP contribution in [0, 0.1) is 0 Å². The third-order valence-corrected chi connectivity index (χ3v) is 3.04. The molecule has 0 spiro atoms. The van der Waals surface area contributed by atoms with Crippen molar-refractivity contribution in [3.05, 3.63) is 29.8 Å². The molecule has 0 aliphatic carbocycles. The summed E-state index contributed by atoms with van der Waals surface area (Å²) in [6.45, 7) is 0. The average molecular weight is 305 g/mol. The number of amides is 1. The fraction of sp³-hybridized carbons (Fsp3) is 0. The van der Waals surface area contributed by atoms with E-state index in [0.717, 1.165) is 0 Å². The summed E-state index contributed by atoms with van der Waals surface area (Å²) in [5.41, 5.74) is 0.220. The van der Waals surface area contributed by atoms with Crippen LogP contribution in [0.25, 0.3) is 0 Å². The van der Waals surface area contributed by atoms with Gasteiger partial charge in [-0.05, 0) is 12.1 Å². The maximum absolute atomic E-state index is 11.1. The van der Waals surface area contributed by atoms with Gasteiger partial charge in [0.05, 0.1) is 5.56 Å². The van der Waals surface area contributed by atoms with E-state index in [2.05, 4.69) is 0 Å². The average Bonchev–Trinajstić information content (AvgIpc) is 2.36. The molecule has 1 heterocycles. The van der Waals surface area contributed by atoms with Gasteiger partial charge in [0.15, 0.2) is 0 Å². The molecule has 2 rings (SSSR count). The summed E-state index contributed by atoms with van der Waals surface area (Å²) in [5, 5.41) is 0. The SMILES string of the molecule is O=C1NS(=O)(=O)c2ccccc21.O=P(O)(O)O.[H-].[Na+]. The van der Waals surface area contributed by atoms with Crippen molar-refractivity contribution in [1.82, 2.24) is 4.72 Å². The smallest absolute Gasteiger partial charge is 1.00 e. The van der Waals surface area contributed by atoms with Crippen LogP contribution in [-0.2, 0) is 14.6 Å². The van der Waals surface area contributed by atoms with Crippen LogP contribution < -0.4 is 34.3 Å². The summed E-state index contributed by atoms with van der Waals surface area (Å²) in [6, 6.07) is 6.09. The summed E-state index contributed by atoms with van der Waals surface area (Å²) >= 11 is 0. The second-order valence-electron chi connectivity index (χ2n) is 2.94. The molecule has 0 bridgehead atoms. The molecule has 11 heteroatoms. The van der Waals surface area contributed by atoms with Gasteiger partial charge in [-0.3, -0.25) is 4.79 Å². The van der Waals surface area contributed by atoms with Gasteiger partial charge in [0.25, 0.3) is 15.9 Å². The molecule has 0 unspecified atom stereocenters. The first kappa shape index (κ1) is 17.8. The van der Waals surface area contributed by atoms with Crippen LogP contribution in [0.1, 0.15) is 11.8 Å². The first-order valence-corrected chi connectivity index (χ1v) is 7.10. The van der Waals surface area contributed by atoms with Gasteiger partial charge in [-0.15, -0.1) is 0 Å². The Labute approximate surface area is 126 Å². The Hall–Kier alpha value is -0.250. The number of hydrogen-bond donors (Lipinski definition) is 4. The Balaban J connectivity index is 0. The standard InChI is InChI=1S/C7H5NO3S.Na.H3O4P.H/c9-7-5-3-1-2-4-6(5)12(10,11)8-7;;1-5(2,3)4;/h1-4H,(H,8,9);;(H3,1,2,3,4);/q;+1;;-1. The second kappa shape index (κ2) is 6.27. The molecule has 0 atom stereocenters. The monoisotopic (exact) mass is 305 g/mol. The largest absolute Gasteiger partial charge is 1.00 e. The van der Waals surface area contributed by atoms with E-state index in [1.165, 1.54) is 12.1 Å². The zero-order valence-corrected chi connectivity index (χ0v) is 12.9.